The number of benzene rings is 1. The maximum atomic E-state index is 12.0. The lowest BCUT2D eigenvalue weighted by molar-refractivity contribution is -0.736. The Bertz CT molecular complexity index is 588. The van der Waals surface area contributed by atoms with E-state index in [9.17, 15) is 8.42 Å². The molecule has 6 nitrogen and oxygen atoms in total. The van der Waals surface area contributed by atoms with Gasteiger partial charge in [0.15, 0.2) is 6.34 Å². The molecule has 1 unspecified atom stereocenters. The van der Waals surface area contributed by atoms with Crippen LogP contribution >= 0.6 is 0 Å². The lowest BCUT2D eigenvalue weighted by Crippen LogP contribution is -3.05. The lowest BCUT2D eigenvalue weighted by atomic mass is 10.3. The maximum absolute atomic E-state index is 12.0. The van der Waals surface area contributed by atoms with Gasteiger partial charge in [-0.15, -0.1) is 0 Å². The maximum Gasteiger partial charge on any atom is 0.240 e. The van der Waals surface area contributed by atoms with Crippen molar-refractivity contribution in [2.24, 2.45) is 4.99 Å². The third-order valence-corrected chi connectivity index (χ3v) is 4.40. The van der Waals surface area contributed by atoms with E-state index in [0.717, 1.165) is 17.9 Å². The van der Waals surface area contributed by atoms with Crippen molar-refractivity contribution in [3.8, 4) is 5.75 Å². The number of ether oxygens (including phenoxy) is 1. The second kappa shape index (κ2) is 8.14. The Hall–Kier alpha value is -1.41. The van der Waals surface area contributed by atoms with Crippen LogP contribution in [0.1, 0.15) is 6.42 Å². The zero-order chi connectivity index (χ0) is 14.4. The molecule has 1 aliphatic heterocycles. The van der Waals surface area contributed by atoms with Gasteiger partial charge in [0.25, 0.3) is 0 Å². The molecule has 1 heterocycles. The molecule has 1 aromatic carbocycles. The molecule has 21 heavy (non-hydrogen) atoms. The minimum absolute atomic E-state index is 0. The summed E-state index contributed by atoms with van der Waals surface area (Å²) >= 11 is 0. The minimum atomic E-state index is -3.45. The van der Waals surface area contributed by atoms with Crippen molar-refractivity contribution in [2.45, 2.75) is 11.3 Å². The van der Waals surface area contributed by atoms with E-state index in [4.69, 9.17) is 4.74 Å². The summed E-state index contributed by atoms with van der Waals surface area (Å²) in [5.74, 6) is 0.632. The van der Waals surface area contributed by atoms with E-state index in [0.29, 0.717) is 12.3 Å². The molecule has 0 fully saturated rings. The van der Waals surface area contributed by atoms with Gasteiger partial charge < -0.3 is 17.1 Å². The van der Waals surface area contributed by atoms with Crippen LogP contribution < -0.4 is 26.8 Å². The molecule has 2 rings (SSSR count). The fourth-order valence-corrected chi connectivity index (χ4v) is 2.88. The van der Waals surface area contributed by atoms with E-state index in [1.54, 1.807) is 31.8 Å². The van der Waals surface area contributed by atoms with E-state index in [2.05, 4.69) is 9.71 Å². The second-order valence-corrected chi connectivity index (χ2v) is 6.11. The molecule has 0 saturated heterocycles. The summed E-state index contributed by atoms with van der Waals surface area (Å²) in [6.45, 7) is 1.21. The molecule has 8 heteroatoms. The van der Waals surface area contributed by atoms with Crippen molar-refractivity contribution in [2.75, 3.05) is 20.2 Å². The van der Waals surface area contributed by atoms with Gasteiger partial charge in [0, 0.05) is 13.0 Å². The van der Waals surface area contributed by atoms with Crippen molar-refractivity contribution >= 4 is 16.4 Å². The Labute approximate surface area is 131 Å². The van der Waals surface area contributed by atoms with Gasteiger partial charge in [-0.05, 0) is 24.3 Å². The number of quaternary nitrogens is 1. The smallest absolute Gasteiger partial charge is 0.240 e. The quantitative estimate of drug-likeness (QED) is 0.516. The van der Waals surface area contributed by atoms with Gasteiger partial charge in [-0.1, -0.05) is 0 Å². The van der Waals surface area contributed by atoms with Crippen LogP contribution in [-0.4, -0.2) is 35.0 Å². The average molecular weight is 332 g/mol. The number of nitrogens with zero attached hydrogens (tertiary/aromatic N) is 1. The number of hydrogen-bond acceptors (Lipinski definition) is 4. The molecule has 0 radical (unpaired) electrons. The molecule has 0 aliphatic carbocycles. The van der Waals surface area contributed by atoms with Crippen molar-refractivity contribution in [1.82, 2.24) is 4.72 Å². The highest BCUT2D eigenvalue weighted by Crippen LogP contribution is 2.14. The van der Waals surface area contributed by atoms with Crippen LogP contribution in [0.4, 0.5) is 0 Å². The highest BCUT2D eigenvalue weighted by molar-refractivity contribution is 7.89. The molecule has 1 atom stereocenters. The Morgan fingerprint density at radius 1 is 1.29 bits per heavy atom. The Morgan fingerprint density at radius 2 is 2.00 bits per heavy atom. The van der Waals surface area contributed by atoms with E-state index in [1.165, 1.54) is 12.1 Å². The Morgan fingerprint density at radius 3 is 2.57 bits per heavy atom. The van der Waals surface area contributed by atoms with Crippen LogP contribution in [0.3, 0.4) is 0 Å². The highest BCUT2D eigenvalue weighted by atomic mass is 35.5. The predicted octanol–water partition coefficient (Wildman–Crippen LogP) is -3.23. The van der Waals surface area contributed by atoms with Gasteiger partial charge in [-0.25, -0.2) is 18.1 Å². The molecule has 0 bridgehead atoms. The number of rotatable bonds is 7. The summed E-state index contributed by atoms with van der Waals surface area (Å²) in [7, 11) is -1.91. The molecule has 0 saturated carbocycles. The summed E-state index contributed by atoms with van der Waals surface area (Å²) in [5.41, 5.74) is 0. The molecule has 0 amide bonds. The van der Waals surface area contributed by atoms with Crippen molar-refractivity contribution in [3.63, 3.8) is 0 Å². The molecule has 0 aromatic heterocycles. The third-order valence-electron chi connectivity index (χ3n) is 2.92. The first kappa shape index (κ1) is 17.6. The molecular weight excluding hydrogens is 314 g/mol. The van der Waals surface area contributed by atoms with Crippen LogP contribution in [0.2, 0.25) is 0 Å². The predicted molar refractivity (Wildman–Crippen MR) is 76.3 cm³/mol. The fourth-order valence-electron chi connectivity index (χ4n) is 1.81. The zero-order valence-electron chi connectivity index (χ0n) is 11.6. The van der Waals surface area contributed by atoms with Crippen molar-refractivity contribution in [1.29, 1.82) is 0 Å². The number of methoxy groups -OCH3 is 1. The summed E-state index contributed by atoms with van der Waals surface area (Å²) in [6, 6.07) is 6.32. The molecule has 116 valence electrons. The van der Waals surface area contributed by atoms with Crippen LogP contribution in [0.15, 0.2) is 46.6 Å². The minimum Gasteiger partial charge on any atom is -1.00 e. The second-order valence-electron chi connectivity index (χ2n) is 4.35. The van der Waals surface area contributed by atoms with E-state index >= 15 is 0 Å². The van der Waals surface area contributed by atoms with Crippen LogP contribution in [0, 0.1) is 0 Å². The number of aliphatic imine (C=N–C) groups is 1. The topological polar surface area (TPSA) is 72.2 Å². The number of hydrogen-bond donors (Lipinski definition) is 2. The molecule has 2 N–H and O–H groups in total. The average Bonchev–Trinajstić information content (AvgIpc) is 2.97. The van der Waals surface area contributed by atoms with Gasteiger partial charge >= 0.3 is 0 Å². The van der Waals surface area contributed by atoms with Gasteiger partial charge in [0.1, 0.15) is 11.9 Å². The monoisotopic (exact) mass is 331 g/mol. The lowest BCUT2D eigenvalue weighted by Gasteiger charge is -2.08. The van der Waals surface area contributed by atoms with Crippen LogP contribution in [0.25, 0.3) is 0 Å². The molecule has 1 aromatic rings. The van der Waals surface area contributed by atoms with Crippen LogP contribution in [-0.2, 0) is 10.0 Å². The largest absolute Gasteiger partial charge is 1.00 e. The van der Waals surface area contributed by atoms with Gasteiger partial charge in [0.05, 0.1) is 24.7 Å². The van der Waals surface area contributed by atoms with Crippen molar-refractivity contribution in [3.05, 3.63) is 36.7 Å². The first-order chi connectivity index (χ1) is 9.62. The normalized spacial score (nSPS) is 16.7. The number of sulfonamides is 1. The number of nitrogens with one attached hydrogen (secondary N) is 2. The van der Waals surface area contributed by atoms with E-state index in [1.807, 2.05) is 6.20 Å². The van der Waals surface area contributed by atoms with Gasteiger partial charge in [-0.3, -0.25) is 4.90 Å². The molecule has 1 aliphatic rings. The van der Waals surface area contributed by atoms with E-state index < -0.39 is 10.0 Å². The fraction of sp³-hybridized carbons (Fsp3) is 0.308. The zero-order valence-corrected chi connectivity index (χ0v) is 13.2. The third kappa shape index (κ3) is 5.13. The first-order valence-electron chi connectivity index (χ1n) is 6.31. The summed E-state index contributed by atoms with van der Waals surface area (Å²) in [4.78, 5) is 5.33. The SMILES string of the molecule is COc1ccc(S(=O)(=O)NCCC[NH+]2C=CN=C2)cc1.[Cl-]. The summed E-state index contributed by atoms with van der Waals surface area (Å²) < 4.78 is 31.6. The molecule has 0 spiro atoms. The number of halogens is 1. The first-order valence-corrected chi connectivity index (χ1v) is 7.79. The van der Waals surface area contributed by atoms with Gasteiger partial charge in [-0.2, -0.15) is 0 Å². The summed E-state index contributed by atoms with van der Waals surface area (Å²) in [5, 5.41) is 0. The van der Waals surface area contributed by atoms with Crippen LogP contribution in [0.5, 0.6) is 5.75 Å². The Balaban J connectivity index is 0.00000220. The van der Waals surface area contributed by atoms with Gasteiger partial charge in [0.2, 0.25) is 10.0 Å². The highest BCUT2D eigenvalue weighted by Gasteiger charge is 2.14. The molecular formula is C13H18ClN3O3S. The van der Waals surface area contributed by atoms with E-state index in [-0.39, 0.29) is 17.3 Å². The summed E-state index contributed by atoms with van der Waals surface area (Å²) in [6.07, 6.45) is 6.19. The Kier molecular flexibility index (Phi) is 6.83. The standard InChI is InChI=1S/C13H17N3O3S.ClH/c1-19-12-3-5-13(6-4-12)20(17,18)15-7-2-9-16-10-8-14-11-16;/h3-6,8,10-11,15H,2,7,9H2,1H3;1H. The van der Waals surface area contributed by atoms with Crippen molar-refractivity contribution < 1.29 is 30.5 Å².